The van der Waals surface area contributed by atoms with Gasteiger partial charge in [-0.3, -0.25) is 19.2 Å². The molecular weight excluding hydrogens is 747 g/mol. The molecule has 0 aromatic carbocycles. The smallest absolute Gasteiger partial charge is 0.264 e. The zero-order chi connectivity index (χ0) is 42.7. The highest BCUT2D eigenvalue weighted by molar-refractivity contribution is 5.84. The Balaban J connectivity index is 1.53. The van der Waals surface area contributed by atoms with E-state index in [1.807, 2.05) is 0 Å². The van der Waals surface area contributed by atoms with Crippen LogP contribution in [0.5, 0.6) is 0 Å². The zero-order valence-electron chi connectivity index (χ0n) is 37.9. The predicted octanol–water partition coefficient (Wildman–Crippen LogP) is 8.33. The van der Waals surface area contributed by atoms with Crippen LogP contribution in [0.25, 0.3) is 0 Å². The Hall–Kier alpha value is -2.28. The lowest BCUT2D eigenvalue weighted by atomic mass is 9.97. The third-order valence-electron chi connectivity index (χ3n) is 12.1. The highest BCUT2D eigenvalue weighted by atomic mass is 16.6. The highest BCUT2D eigenvalue weighted by Gasteiger charge is 2.59. The number of nitrogens with one attached hydrogen (secondary N) is 4. The Kier molecular flexibility index (Phi) is 31.7. The van der Waals surface area contributed by atoms with E-state index >= 15 is 0 Å². The summed E-state index contributed by atoms with van der Waals surface area (Å²) in [7, 11) is 0. The Labute approximate surface area is 359 Å². The van der Waals surface area contributed by atoms with E-state index in [9.17, 15) is 24.3 Å². The van der Waals surface area contributed by atoms with Crippen LogP contribution in [0.15, 0.2) is 0 Å². The van der Waals surface area contributed by atoms with E-state index < -0.39 is 18.0 Å². The average Bonchev–Trinajstić information content (AvgIpc) is 3.78. The number of amides is 4. The largest absolute Gasteiger partial charge is 0.396 e. The summed E-state index contributed by atoms with van der Waals surface area (Å²) in [6.45, 7) is 6.34. The molecule has 0 aromatic heterocycles. The number of hydrogen-bond donors (Lipinski definition) is 5. The number of unbranched alkanes of at least 4 members (excludes halogenated alkanes) is 24. The molecule has 0 bridgehead atoms. The molecule has 2 heterocycles. The summed E-state index contributed by atoms with van der Waals surface area (Å²) in [4.78, 5) is 52.8. The lowest BCUT2D eigenvalue weighted by Crippen LogP contribution is -2.57. The van der Waals surface area contributed by atoms with Gasteiger partial charge in [0.2, 0.25) is 11.8 Å². The van der Waals surface area contributed by atoms with Crippen LogP contribution in [0.3, 0.4) is 0 Å². The van der Waals surface area contributed by atoms with E-state index in [1.54, 1.807) is 4.90 Å². The van der Waals surface area contributed by atoms with Crippen LogP contribution < -0.4 is 21.3 Å². The molecule has 2 unspecified atom stereocenters. The monoisotopic (exact) mass is 836 g/mol. The molecule has 2 atom stereocenters. The second kappa shape index (κ2) is 35.3. The van der Waals surface area contributed by atoms with Gasteiger partial charge in [0.25, 0.3) is 11.8 Å². The second-order valence-corrected chi connectivity index (χ2v) is 17.4. The molecule has 0 saturated carbocycles. The lowest BCUT2D eigenvalue weighted by Gasteiger charge is -2.32. The van der Waals surface area contributed by atoms with Crippen molar-refractivity contribution in [1.82, 2.24) is 26.2 Å². The number of rotatable bonds is 40. The summed E-state index contributed by atoms with van der Waals surface area (Å²) in [6.07, 6.45) is 33.5. The maximum atomic E-state index is 13.3. The third-order valence-corrected chi connectivity index (χ3v) is 12.1. The summed E-state index contributed by atoms with van der Waals surface area (Å²) < 4.78 is 11.8. The molecule has 2 fully saturated rings. The fourth-order valence-electron chi connectivity index (χ4n) is 8.34. The normalized spacial score (nSPS) is 18.8. The van der Waals surface area contributed by atoms with Gasteiger partial charge in [-0.15, -0.1) is 0 Å². The summed E-state index contributed by atoms with van der Waals surface area (Å²) >= 11 is 0. The van der Waals surface area contributed by atoms with Gasteiger partial charge >= 0.3 is 0 Å². The van der Waals surface area contributed by atoms with Crippen molar-refractivity contribution in [2.45, 2.75) is 231 Å². The Morgan fingerprint density at radius 3 is 1.10 bits per heavy atom. The van der Waals surface area contributed by atoms with Crippen molar-refractivity contribution in [3.63, 3.8) is 0 Å². The van der Waals surface area contributed by atoms with Crippen LogP contribution in [0.4, 0.5) is 0 Å². The second-order valence-electron chi connectivity index (χ2n) is 17.4. The molecule has 12 heteroatoms. The first kappa shape index (κ1) is 52.9. The number of carbonyl (C=O) groups is 4. The molecule has 2 rings (SSSR count). The van der Waals surface area contributed by atoms with Gasteiger partial charge in [-0.1, -0.05) is 168 Å². The number of fused-ring (bicyclic) bond motifs is 1. The van der Waals surface area contributed by atoms with Gasteiger partial charge in [0.1, 0.15) is 0 Å². The SMILES string of the molecule is CCCCCCCCCCCCCCCC(=O)NCCCNC(=O)C1OCC2(CCO)COC(C(=O)NCCCNC(=O)CCCCCCCCCCCCCCC)N12. The van der Waals surface area contributed by atoms with E-state index in [4.69, 9.17) is 9.47 Å². The Morgan fingerprint density at radius 2 is 0.780 bits per heavy atom. The van der Waals surface area contributed by atoms with Gasteiger partial charge in [0.15, 0.2) is 12.5 Å². The van der Waals surface area contributed by atoms with Crippen molar-refractivity contribution in [2.75, 3.05) is 46.0 Å². The molecule has 0 radical (unpaired) electrons. The molecule has 12 nitrogen and oxygen atoms in total. The molecule has 0 spiro atoms. The maximum absolute atomic E-state index is 13.3. The predicted molar refractivity (Wildman–Crippen MR) is 238 cm³/mol. The topological polar surface area (TPSA) is 158 Å². The van der Waals surface area contributed by atoms with Gasteiger partial charge in [-0.2, -0.15) is 0 Å². The van der Waals surface area contributed by atoms with Gasteiger partial charge in [-0.05, 0) is 32.1 Å². The lowest BCUT2D eigenvalue weighted by molar-refractivity contribution is -0.152. The van der Waals surface area contributed by atoms with Crippen molar-refractivity contribution in [3.05, 3.63) is 0 Å². The van der Waals surface area contributed by atoms with Crippen molar-refractivity contribution in [2.24, 2.45) is 0 Å². The molecule has 2 aliphatic heterocycles. The standard InChI is InChI=1S/C47H89N5O7/c1-3-5-7-9-11-13-15-17-19-21-23-25-27-31-41(54)48-34-29-36-50-43(56)45-52-46(59-40-47(52,33-38-53)39-58-45)44(57)51-37-30-35-49-42(55)32-28-26-24-22-20-18-16-14-12-10-8-6-4-2/h45-46,53H,3-40H2,1-2H3,(H,48,54)(H,49,55)(H,50,56)(H,51,57). The van der Waals surface area contributed by atoms with Gasteiger partial charge in [-0.25, -0.2) is 4.90 Å². The minimum atomic E-state index is -1.03. The highest BCUT2D eigenvalue weighted by Crippen LogP contribution is 2.39. The fraction of sp³-hybridized carbons (Fsp3) is 0.915. The average molecular weight is 836 g/mol. The van der Waals surface area contributed by atoms with E-state index in [-0.39, 0.29) is 43.4 Å². The van der Waals surface area contributed by atoms with E-state index in [0.29, 0.717) is 58.3 Å². The number of aliphatic hydroxyl groups excluding tert-OH is 1. The molecule has 0 aliphatic carbocycles. The van der Waals surface area contributed by atoms with Crippen LogP contribution in [-0.4, -0.2) is 97.6 Å². The molecular formula is C47H89N5O7. The third kappa shape index (κ3) is 24.1. The van der Waals surface area contributed by atoms with Gasteiger partial charge in [0.05, 0.1) is 18.8 Å². The zero-order valence-corrected chi connectivity index (χ0v) is 37.9. The van der Waals surface area contributed by atoms with Crippen molar-refractivity contribution < 1.29 is 33.8 Å². The summed E-state index contributed by atoms with van der Waals surface area (Å²) in [5, 5.41) is 21.5. The Morgan fingerprint density at radius 1 is 0.475 bits per heavy atom. The number of ether oxygens (including phenoxy) is 2. The molecule has 5 N–H and O–H groups in total. The molecule has 2 aliphatic rings. The van der Waals surface area contributed by atoms with Crippen molar-refractivity contribution >= 4 is 23.6 Å². The Bertz CT molecular complexity index is 1020. The van der Waals surface area contributed by atoms with E-state index in [0.717, 1.165) is 25.7 Å². The molecule has 4 amide bonds. The summed E-state index contributed by atoms with van der Waals surface area (Å²) in [5.74, 6) is -0.666. The van der Waals surface area contributed by atoms with Crippen LogP contribution in [0.2, 0.25) is 0 Å². The summed E-state index contributed by atoms with van der Waals surface area (Å²) in [5.41, 5.74) is -0.776. The number of carbonyl (C=O) groups excluding carboxylic acids is 4. The van der Waals surface area contributed by atoms with Crippen LogP contribution >= 0.6 is 0 Å². The molecule has 344 valence electrons. The molecule has 0 aromatic rings. The van der Waals surface area contributed by atoms with Crippen LogP contribution in [-0.2, 0) is 28.7 Å². The first-order valence-corrected chi connectivity index (χ1v) is 24.6. The van der Waals surface area contributed by atoms with Crippen molar-refractivity contribution in [1.29, 1.82) is 0 Å². The number of nitrogens with zero attached hydrogens (tertiary/aromatic N) is 1. The summed E-state index contributed by atoms with van der Waals surface area (Å²) in [6, 6.07) is 0. The van der Waals surface area contributed by atoms with Crippen molar-refractivity contribution in [3.8, 4) is 0 Å². The van der Waals surface area contributed by atoms with Crippen LogP contribution in [0, 0.1) is 0 Å². The first-order chi connectivity index (χ1) is 28.9. The van der Waals surface area contributed by atoms with Gasteiger partial charge < -0.3 is 35.8 Å². The fourth-order valence-corrected chi connectivity index (χ4v) is 8.34. The number of aliphatic hydroxyl groups is 1. The minimum absolute atomic E-state index is 0.0442. The number of hydrogen-bond acceptors (Lipinski definition) is 8. The molecule has 59 heavy (non-hydrogen) atoms. The van der Waals surface area contributed by atoms with E-state index in [2.05, 4.69) is 35.1 Å². The van der Waals surface area contributed by atoms with Gasteiger partial charge in [0, 0.05) is 45.6 Å². The maximum Gasteiger partial charge on any atom is 0.264 e. The minimum Gasteiger partial charge on any atom is -0.396 e. The molecule has 2 saturated heterocycles. The van der Waals surface area contributed by atoms with Crippen LogP contribution in [0.1, 0.15) is 213 Å². The quantitative estimate of drug-likeness (QED) is 0.0386. The van der Waals surface area contributed by atoms with E-state index in [1.165, 1.54) is 141 Å². The first-order valence-electron chi connectivity index (χ1n) is 24.6.